The van der Waals surface area contributed by atoms with Crippen LogP contribution >= 0.6 is 26.8 Å². The monoisotopic (exact) mass is 580 g/mol. The summed E-state index contributed by atoms with van der Waals surface area (Å²) < 4.78 is 48.6. The maximum atomic E-state index is 14.2. The fourth-order valence-electron chi connectivity index (χ4n) is 3.96. The van der Waals surface area contributed by atoms with Gasteiger partial charge in [-0.2, -0.15) is 5.10 Å². The van der Waals surface area contributed by atoms with Crippen molar-refractivity contribution in [3.05, 3.63) is 53.1 Å². The van der Waals surface area contributed by atoms with Gasteiger partial charge in [0.25, 0.3) is 0 Å². The number of nitrogens with one attached hydrogen (secondary N) is 1. The van der Waals surface area contributed by atoms with E-state index in [9.17, 15) is 28.6 Å². The lowest BCUT2D eigenvalue weighted by atomic mass is 10.1. The van der Waals surface area contributed by atoms with E-state index in [0.29, 0.717) is 16.6 Å². The predicted molar refractivity (Wildman–Crippen MR) is 130 cm³/mol. The average Bonchev–Trinajstić information content (AvgIpc) is 3.32. The SMILES string of the molecule is CC(Nc1cc(Cl)nc2c1cnn2C1OC(COP(=O)(O)CP(=O)(O)O)C(O)C1O)c1ccccc1F. The molecular formula is C20H24ClFN4O9P2. The van der Waals surface area contributed by atoms with Crippen molar-refractivity contribution in [1.29, 1.82) is 0 Å². The lowest BCUT2D eigenvalue weighted by Gasteiger charge is -2.19. The zero-order valence-corrected chi connectivity index (χ0v) is 21.7. The number of fused-ring (bicyclic) bond motifs is 1. The zero-order valence-electron chi connectivity index (χ0n) is 19.1. The Morgan fingerprint density at radius 1 is 1.24 bits per heavy atom. The van der Waals surface area contributed by atoms with Crippen molar-refractivity contribution in [3.8, 4) is 0 Å². The Morgan fingerprint density at radius 3 is 2.62 bits per heavy atom. The second-order valence-corrected chi connectivity index (χ2v) is 12.9. The first-order valence-electron chi connectivity index (χ1n) is 10.8. The van der Waals surface area contributed by atoms with Crippen LogP contribution in [0.2, 0.25) is 5.15 Å². The van der Waals surface area contributed by atoms with Crippen molar-refractivity contribution >= 4 is 43.5 Å². The summed E-state index contributed by atoms with van der Waals surface area (Å²) in [5.41, 5.74) is 1.03. The van der Waals surface area contributed by atoms with E-state index in [1.807, 2.05) is 0 Å². The van der Waals surface area contributed by atoms with Gasteiger partial charge in [-0.25, -0.2) is 14.1 Å². The molecule has 6 N–H and O–H groups in total. The molecule has 0 aliphatic carbocycles. The van der Waals surface area contributed by atoms with Gasteiger partial charge in [0.05, 0.1) is 29.9 Å². The summed E-state index contributed by atoms with van der Waals surface area (Å²) in [4.78, 5) is 31.7. The molecular weight excluding hydrogens is 557 g/mol. The molecule has 13 nitrogen and oxygen atoms in total. The van der Waals surface area contributed by atoms with Crippen LogP contribution < -0.4 is 5.32 Å². The molecule has 0 bridgehead atoms. The van der Waals surface area contributed by atoms with E-state index in [0.717, 1.165) is 4.68 Å². The van der Waals surface area contributed by atoms with Crippen molar-refractivity contribution < 1.29 is 47.7 Å². The fraction of sp³-hybridized carbons (Fsp3) is 0.400. The molecule has 0 amide bonds. The highest BCUT2D eigenvalue weighted by Crippen LogP contribution is 2.55. The number of halogens is 2. The lowest BCUT2D eigenvalue weighted by molar-refractivity contribution is -0.0541. The first-order chi connectivity index (χ1) is 17.3. The maximum Gasteiger partial charge on any atom is 0.340 e. The van der Waals surface area contributed by atoms with Gasteiger partial charge >= 0.3 is 15.2 Å². The molecule has 202 valence electrons. The summed E-state index contributed by atoms with van der Waals surface area (Å²) in [5, 5.41) is 28.8. The zero-order chi connectivity index (χ0) is 27.1. The Kier molecular flexibility index (Phi) is 8.08. The first-order valence-corrected chi connectivity index (χ1v) is 14.8. The normalized spacial score (nSPS) is 24.8. The van der Waals surface area contributed by atoms with Crippen LogP contribution in [-0.2, 0) is 18.4 Å². The topological polar surface area (TPSA) is 196 Å². The molecule has 6 atom stereocenters. The molecule has 4 rings (SSSR count). The number of pyridine rings is 1. The molecule has 6 unspecified atom stereocenters. The third-order valence-corrected chi connectivity index (χ3v) is 9.31. The van der Waals surface area contributed by atoms with Gasteiger partial charge in [0.15, 0.2) is 17.8 Å². The van der Waals surface area contributed by atoms with E-state index in [-0.39, 0.29) is 10.8 Å². The number of rotatable bonds is 9. The predicted octanol–water partition coefficient (Wildman–Crippen LogP) is 2.35. The molecule has 0 spiro atoms. The van der Waals surface area contributed by atoms with Crippen molar-refractivity contribution in [2.75, 3.05) is 17.8 Å². The summed E-state index contributed by atoms with van der Waals surface area (Å²) in [7, 11) is -9.56. The third-order valence-electron chi connectivity index (χ3n) is 5.66. The highest BCUT2D eigenvalue weighted by atomic mass is 35.5. The van der Waals surface area contributed by atoms with Crippen LogP contribution in [0.1, 0.15) is 24.8 Å². The fourth-order valence-corrected chi connectivity index (χ4v) is 6.72. The summed E-state index contributed by atoms with van der Waals surface area (Å²) >= 11 is 6.20. The molecule has 1 saturated heterocycles. The van der Waals surface area contributed by atoms with Gasteiger partial charge in [-0.05, 0) is 19.1 Å². The van der Waals surface area contributed by atoms with Crippen molar-refractivity contribution in [2.24, 2.45) is 0 Å². The molecule has 37 heavy (non-hydrogen) atoms. The third kappa shape index (κ3) is 6.37. The van der Waals surface area contributed by atoms with Crippen LogP contribution in [0.4, 0.5) is 10.1 Å². The van der Waals surface area contributed by atoms with Gasteiger partial charge in [-0.15, -0.1) is 0 Å². The van der Waals surface area contributed by atoms with Crippen LogP contribution in [0, 0.1) is 5.82 Å². The van der Waals surface area contributed by atoms with E-state index in [1.165, 1.54) is 18.3 Å². The van der Waals surface area contributed by atoms with Crippen LogP contribution in [0.15, 0.2) is 36.5 Å². The summed E-state index contributed by atoms with van der Waals surface area (Å²) in [6.45, 7) is 1.00. The Labute approximate surface area is 214 Å². The molecule has 0 radical (unpaired) electrons. The van der Waals surface area contributed by atoms with Crippen molar-refractivity contribution in [1.82, 2.24) is 14.8 Å². The van der Waals surface area contributed by atoms with Crippen LogP contribution in [0.25, 0.3) is 11.0 Å². The first kappa shape index (κ1) is 28.1. The number of aliphatic hydroxyl groups is 2. The lowest BCUT2D eigenvalue weighted by Crippen LogP contribution is -2.33. The van der Waals surface area contributed by atoms with Gasteiger partial charge in [0.1, 0.15) is 29.3 Å². The number of hydrogen-bond acceptors (Lipinski definition) is 9. The van der Waals surface area contributed by atoms with Gasteiger partial charge < -0.3 is 39.5 Å². The highest BCUT2D eigenvalue weighted by molar-refractivity contribution is 7.70. The van der Waals surface area contributed by atoms with Crippen molar-refractivity contribution in [2.45, 2.75) is 37.5 Å². The molecule has 0 saturated carbocycles. The Balaban J connectivity index is 1.56. The second kappa shape index (κ2) is 10.7. The molecule has 1 aliphatic rings. The van der Waals surface area contributed by atoms with Gasteiger partial charge in [0, 0.05) is 5.56 Å². The maximum absolute atomic E-state index is 14.2. The minimum absolute atomic E-state index is 0.0454. The largest absolute Gasteiger partial charge is 0.387 e. The minimum atomic E-state index is -4.85. The molecule has 2 aromatic heterocycles. The number of nitrogens with zero attached hydrogens (tertiary/aromatic N) is 3. The van der Waals surface area contributed by atoms with Crippen LogP contribution in [0.5, 0.6) is 0 Å². The molecule has 3 heterocycles. The smallest absolute Gasteiger partial charge is 0.340 e. The van der Waals surface area contributed by atoms with E-state index in [4.69, 9.17) is 30.6 Å². The number of aromatic nitrogens is 3. The number of benzene rings is 1. The van der Waals surface area contributed by atoms with E-state index >= 15 is 0 Å². The Bertz CT molecular complexity index is 1390. The minimum Gasteiger partial charge on any atom is -0.387 e. The van der Waals surface area contributed by atoms with Gasteiger partial charge in [-0.3, -0.25) is 9.13 Å². The average molecular weight is 581 g/mol. The van der Waals surface area contributed by atoms with E-state index in [2.05, 4.69) is 15.4 Å². The van der Waals surface area contributed by atoms with Gasteiger partial charge in [0.2, 0.25) is 0 Å². The molecule has 3 aromatic rings. The van der Waals surface area contributed by atoms with Crippen molar-refractivity contribution in [3.63, 3.8) is 0 Å². The number of hydrogen-bond donors (Lipinski definition) is 6. The number of aliphatic hydroxyl groups excluding tert-OH is 2. The quantitative estimate of drug-likeness (QED) is 0.160. The van der Waals surface area contributed by atoms with E-state index < -0.39 is 64.1 Å². The summed E-state index contributed by atoms with van der Waals surface area (Å²) in [6.07, 6.45) is -4.43. The summed E-state index contributed by atoms with van der Waals surface area (Å²) in [5.74, 6) is -1.81. The Morgan fingerprint density at radius 2 is 1.95 bits per heavy atom. The molecule has 1 aliphatic heterocycles. The standard InChI is InChI=1S/C20H24ClFN4O9P2/c1-10(11-4-2-3-5-13(11)22)24-14-6-16(21)25-19-12(14)7-23-26(19)20-18(28)17(27)15(35-20)8-34-37(32,33)9-36(29,30)31/h2-7,10,15,17-18,20,27-28H,8-9H2,1H3,(H,24,25)(H,32,33)(H2,29,30,31). The number of anilines is 1. The second-order valence-electron chi connectivity index (χ2n) is 8.49. The van der Waals surface area contributed by atoms with Crippen LogP contribution in [-0.4, -0.2) is 70.5 Å². The molecule has 1 aromatic carbocycles. The number of ether oxygens (including phenoxy) is 1. The molecule has 1 fully saturated rings. The summed E-state index contributed by atoms with van der Waals surface area (Å²) in [6, 6.07) is 7.31. The van der Waals surface area contributed by atoms with Crippen LogP contribution in [0.3, 0.4) is 0 Å². The highest BCUT2D eigenvalue weighted by Gasteiger charge is 2.46. The van der Waals surface area contributed by atoms with Gasteiger partial charge in [-0.1, -0.05) is 29.8 Å². The van der Waals surface area contributed by atoms with E-state index in [1.54, 1.807) is 25.1 Å². The molecule has 17 heteroatoms. The Hall–Kier alpha value is -1.96.